The summed E-state index contributed by atoms with van der Waals surface area (Å²) >= 11 is 3.65. The van der Waals surface area contributed by atoms with Gasteiger partial charge in [0.2, 0.25) is 5.95 Å². The van der Waals surface area contributed by atoms with Gasteiger partial charge < -0.3 is 25.2 Å². The zero-order valence-electron chi connectivity index (χ0n) is 26.8. The Labute approximate surface area is 275 Å². The van der Waals surface area contributed by atoms with Crippen LogP contribution in [0.1, 0.15) is 25.3 Å². The molecule has 12 heteroatoms. The molecule has 2 aromatic heterocycles. The minimum absolute atomic E-state index is 0.462. The van der Waals surface area contributed by atoms with Gasteiger partial charge in [-0.05, 0) is 79.3 Å². The van der Waals surface area contributed by atoms with E-state index in [4.69, 9.17) is 9.72 Å². The third-order valence-electron chi connectivity index (χ3n) is 8.95. The molecule has 0 saturated carbocycles. The molecule has 6 rings (SSSR count). The van der Waals surface area contributed by atoms with E-state index in [1.54, 1.807) is 25.7 Å². The van der Waals surface area contributed by atoms with Gasteiger partial charge >= 0.3 is 0 Å². The first kappa shape index (κ1) is 31.9. The molecule has 10 nitrogen and oxygen atoms in total. The van der Waals surface area contributed by atoms with Crippen LogP contribution in [0.3, 0.4) is 0 Å². The van der Waals surface area contributed by atoms with Gasteiger partial charge in [-0.25, -0.2) is 4.98 Å². The molecule has 2 fully saturated rings. The van der Waals surface area contributed by atoms with Crippen molar-refractivity contribution in [1.29, 1.82) is 0 Å². The lowest BCUT2D eigenvalue weighted by molar-refractivity contribution is 0.0982. The van der Waals surface area contributed by atoms with Crippen molar-refractivity contribution in [2.45, 2.75) is 32.2 Å². The molecule has 4 heterocycles. The molecule has 0 radical (unpaired) electrons. The van der Waals surface area contributed by atoms with Crippen molar-refractivity contribution in [2.75, 3.05) is 82.3 Å². The number of aryl methyl sites for hydroxylation is 1. The Hall–Kier alpha value is -3.11. The SMILES string of the molecule is CCc1cc(Nc2ncc(Br)c(Nc3ccc4nccnc4c3P(C)C)n2)c(OC)cc1N1CCC(N2CCN(C)CC2)CC1. The van der Waals surface area contributed by atoms with Gasteiger partial charge in [0.15, 0.2) is 0 Å². The highest BCUT2D eigenvalue weighted by Crippen LogP contribution is 2.38. The molecule has 0 unspecified atom stereocenters. The maximum Gasteiger partial charge on any atom is 0.229 e. The summed E-state index contributed by atoms with van der Waals surface area (Å²) in [6.45, 7) is 13.5. The van der Waals surface area contributed by atoms with Gasteiger partial charge in [-0.2, -0.15) is 4.98 Å². The topological polar surface area (TPSA) is 94.6 Å². The van der Waals surface area contributed by atoms with Crippen LogP contribution in [-0.2, 0) is 6.42 Å². The van der Waals surface area contributed by atoms with E-state index in [1.807, 2.05) is 6.07 Å². The third-order valence-corrected chi connectivity index (χ3v) is 10.9. The molecule has 2 aliphatic rings. The quantitative estimate of drug-likeness (QED) is 0.209. The van der Waals surface area contributed by atoms with Crippen LogP contribution in [0.4, 0.5) is 28.8 Å². The van der Waals surface area contributed by atoms with Crippen LogP contribution in [0.5, 0.6) is 5.75 Å². The molecule has 2 aromatic carbocycles. The number of benzene rings is 2. The number of halogens is 1. The number of aromatic nitrogens is 4. The van der Waals surface area contributed by atoms with Crippen molar-refractivity contribution in [3.05, 3.63) is 52.9 Å². The van der Waals surface area contributed by atoms with E-state index in [2.05, 4.69) is 102 Å². The largest absolute Gasteiger partial charge is 0.494 e. The van der Waals surface area contributed by atoms with Crippen LogP contribution in [0, 0.1) is 0 Å². The van der Waals surface area contributed by atoms with Gasteiger partial charge in [0.25, 0.3) is 0 Å². The van der Waals surface area contributed by atoms with Gasteiger partial charge in [-0.1, -0.05) is 14.8 Å². The predicted molar refractivity (Wildman–Crippen MR) is 191 cm³/mol. The molecule has 0 aliphatic carbocycles. The lowest BCUT2D eigenvalue weighted by Gasteiger charge is -2.43. The highest BCUT2D eigenvalue weighted by molar-refractivity contribution is 9.10. The first-order chi connectivity index (χ1) is 21.8. The maximum atomic E-state index is 5.91. The number of fused-ring (bicyclic) bond motifs is 1. The Morgan fingerprint density at radius 3 is 2.42 bits per heavy atom. The molecular formula is C33H43BrN9OP. The molecule has 2 aliphatic heterocycles. The minimum Gasteiger partial charge on any atom is -0.494 e. The summed E-state index contributed by atoms with van der Waals surface area (Å²) in [7, 11) is 3.49. The van der Waals surface area contributed by atoms with Crippen molar-refractivity contribution < 1.29 is 4.74 Å². The molecule has 0 spiro atoms. The number of hydrogen-bond acceptors (Lipinski definition) is 10. The molecule has 45 heavy (non-hydrogen) atoms. The standard InChI is InChI=1S/C33H43BrN9OP/c1-6-22-19-27(29(44-3)20-28(22)43-13-9-23(10-14-43)42-17-15-41(2)16-18-42)39-33-37-21-24(34)32(40-33)38-26-8-7-25-30(31(26)45(4)5)36-12-11-35-25/h7-8,11-12,19-21,23H,6,9-10,13-18H2,1-5H3,(H2,37,38,39,40). The molecule has 0 amide bonds. The van der Waals surface area contributed by atoms with Crippen LogP contribution in [0.15, 0.2) is 47.3 Å². The Balaban J connectivity index is 1.21. The summed E-state index contributed by atoms with van der Waals surface area (Å²) in [5.41, 5.74) is 6.18. The number of rotatable bonds is 9. The van der Waals surface area contributed by atoms with Crippen molar-refractivity contribution in [3.8, 4) is 5.75 Å². The van der Waals surface area contributed by atoms with Gasteiger partial charge in [-0.3, -0.25) is 14.9 Å². The first-order valence-corrected chi connectivity index (χ1v) is 18.7. The highest BCUT2D eigenvalue weighted by atomic mass is 79.9. The molecule has 2 saturated heterocycles. The zero-order chi connectivity index (χ0) is 31.5. The molecule has 2 N–H and O–H groups in total. The van der Waals surface area contributed by atoms with Gasteiger partial charge in [0.1, 0.15) is 11.6 Å². The number of nitrogens with one attached hydrogen (secondary N) is 2. The van der Waals surface area contributed by atoms with E-state index in [-0.39, 0.29) is 0 Å². The second-order valence-corrected chi connectivity index (χ2v) is 15.1. The predicted octanol–water partition coefficient (Wildman–Crippen LogP) is 5.82. The summed E-state index contributed by atoms with van der Waals surface area (Å²) in [5.74, 6) is 1.94. The fourth-order valence-electron chi connectivity index (χ4n) is 6.46. The lowest BCUT2D eigenvalue weighted by atomic mass is 9.99. The number of nitrogens with zero attached hydrogens (tertiary/aromatic N) is 7. The van der Waals surface area contributed by atoms with E-state index in [9.17, 15) is 0 Å². The molecule has 0 atom stereocenters. The third kappa shape index (κ3) is 7.02. The lowest BCUT2D eigenvalue weighted by Crippen LogP contribution is -2.52. The van der Waals surface area contributed by atoms with Crippen LogP contribution >= 0.6 is 23.9 Å². The second-order valence-electron chi connectivity index (χ2n) is 12.0. The normalized spacial score (nSPS) is 16.8. The Morgan fingerprint density at radius 2 is 1.71 bits per heavy atom. The summed E-state index contributed by atoms with van der Waals surface area (Å²) in [5, 5.41) is 8.15. The number of anilines is 5. The van der Waals surface area contributed by atoms with Crippen LogP contribution in [0.25, 0.3) is 11.0 Å². The maximum absolute atomic E-state index is 5.91. The number of methoxy groups -OCH3 is 1. The summed E-state index contributed by atoms with van der Waals surface area (Å²) in [6, 6.07) is 9.11. The number of ether oxygens (including phenoxy) is 1. The van der Waals surface area contributed by atoms with Crippen LogP contribution < -0.4 is 25.6 Å². The second kappa shape index (κ2) is 14.1. The van der Waals surface area contributed by atoms with E-state index in [0.717, 1.165) is 57.4 Å². The van der Waals surface area contributed by atoms with Crippen LogP contribution in [-0.4, -0.2) is 103 Å². The fraction of sp³-hybridized carbons (Fsp3) is 0.455. The van der Waals surface area contributed by atoms with E-state index in [1.165, 1.54) is 50.3 Å². The summed E-state index contributed by atoms with van der Waals surface area (Å²) in [6.07, 6.45) is 8.56. The van der Waals surface area contributed by atoms with Crippen molar-refractivity contribution in [2.24, 2.45) is 0 Å². The minimum atomic E-state index is -0.462. The van der Waals surface area contributed by atoms with Gasteiger partial charge in [0, 0.05) is 86.6 Å². The molecule has 4 aromatic rings. The summed E-state index contributed by atoms with van der Waals surface area (Å²) in [4.78, 5) is 26.3. The number of piperazine rings is 1. The Kier molecular flexibility index (Phi) is 9.99. The van der Waals surface area contributed by atoms with E-state index in [0.29, 0.717) is 17.8 Å². The first-order valence-electron chi connectivity index (χ1n) is 15.7. The number of hydrogen-bond donors (Lipinski definition) is 2. The van der Waals surface area contributed by atoms with Crippen molar-refractivity contribution >= 4 is 69.0 Å². The fourth-order valence-corrected chi connectivity index (χ4v) is 7.95. The summed E-state index contributed by atoms with van der Waals surface area (Å²) < 4.78 is 6.68. The zero-order valence-corrected chi connectivity index (χ0v) is 29.3. The number of piperidine rings is 1. The average Bonchev–Trinajstić information content (AvgIpc) is 3.06. The molecule has 0 bridgehead atoms. The van der Waals surface area contributed by atoms with Gasteiger partial charge in [0.05, 0.1) is 28.3 Å². The number of likely N-dealkylation sites (N-methyl/N-ethyl adjacent to an activating group) is 1. The van der Waals surface area contributed by atoms with Crippen molar-refractivity contribution in [1.82, 2.24) is 29.7 Å². The highest BCUT2D eigenvalue weighted by Gasteiger charge is 2.28. The van der Waals surface area contributed by atoms with Crippen LogP contribution in [0.2, 0.25) is 0 Å². The Bertz CT molecular complexity index is 1640. The van der Waals surface area contributed by atoms with Crippen molar-refractivity contribution in [3.63, 3.8) is 0 Å². The van der Waals surface area contributed by atoms with E-state index < -0.39 is 7.92 Å². The van der Waals surface area contributed by atoms with Gasteiger partial charge in [-0.15, -0.1) is 0 Å². The van der Waals surface area contributed by atoms with E-state index >= 15 is 0 Å². The average molecular weight is 693 g/mol. The molecule has 238 valence electrons. The monoisotopic (exact) mass is 691 g/mol. The Morgan fingerprint density at radius 1 is 0.956 bits per heavy atom. The molecular weight excluding hydrogens is 649 g/mol. The smallest absolute Gasteiger partial charge is 0.229 e.